The topological polar surface area (TPSA) is 82.2 Å². The molecule has 1 saturated heterocycles. The minimum atomic E-state index is -4.16. The fourth-order valence-electron chi connectivity index (χ4n) is 3.81. The van der Waals surface area contributed by atoms with Gasteiger partial charge in [0.15, 0.2) is 5.82 Å². The van der Waals surface area contributed by atoms with Crippen LogP contribution in [0.2, 0.25) is 0 Å². The van der Waals surface area contributed by atoms with Gasteiger partial charge >= 0.3 is 0 Å². The van der Waals surface area contributed by atoms with Gasteiger partial charge in [-0.15, -0.1) is 0 Å². The fraction of sp³-hybridized carbons (Fsp3) is 0.333. The van der Waals surface area contributed by atoms with Crippen LogP contribution in [0.15, 0.2) is 53.4 Å². The first-order valence-corrected chi connectivity index (χ1v) is 11.4. The highest BCUT2D eigenvalue weighted by Gasteiger charge is 2.36. The molecule has 1 aromatic heterocycles. The molecule has 164 valence electrons. The largest absolute Gasteiger partial charge is 0.288 e. The van der Waals surface area contributed by atoms with Gasteiger partial charge in [-0.1, -0.05) is 30.3 Å². The summed E-state index contributed by atoms with van der Waals surface area (Å²) in [5.74, 6) is -0.820. The van der Waals surface area contributed by atoms with Crippen molar-refractivity contribution in [3.05, 3.63) is 77.4 Å². The van der Waals surface area contributed by atoms with E-state index in [1.807, 2.05) is 30.3 Å². The van der Waals surface area contributed by atoms with Crippen molar-refractivity contribution in [3.8, 4) is 0 Å². The summed E-state index contributed by atoms with van der Waals surface area (Å²) in [7, 11) is -4.16. The standard InChI is InChI=1S/C21H23F2N5O2S/c1-15-24-21(26-25-15)19-14-28(31(29,30)20-9-8-17(22)12-18(20)23)11-5-10-27(19)13-16-6-3-2-4-7-16/h2-4,6-9,12,19H,5,10-11,13-14H2,1H3,(H,24,25,26). The van der Waals surface area contributed by atoms with Crippen LogP contribution < -0.4 is 0 Å². The van der Waals surface area contributed by atoms with Crippen molar-refractivity contribution in [1.29, 1.82) is 0 Å². The Bertz CT molecular complexity index is 1150. The van der Waals surface area contributed by atoms with E-state index in [-0.39, 0.29) is 13.1 Å². The van der Waals surface area contributed by atoms with Crippen molar-refractivity contribution in [3.63, 3.8) is 0 Å². The molecule has 4 rings (SSSR count). The molecule has 1 atom stereocenters. The molecule has 1 fully saturated rings. The SMILES string of the molecule is Cc1nc(C2CN(S(=O)(=O)c3ccc(F)cc3F)CCCN2Cc2ccccc2)n[nH]1. The molecule has 3 aromatic rings. The molecule has 7 nitrogen and oxygen atoms in total. The van der Waals surface area contributed by atoms with E-state index in [0.717, 1.165) is 17.7 Å². The number of H-pyrrole nitrogens is 1. The number of nitrogens with zero attached hydrogens (tertiary/aromatic N) is 4. The summed E-state index contributed by atoms with van der Waals surface area (Å²) in [5.41, 5.74) is 1.08. The maximum absolute atomic E-state index is 14.3. The average molecular weight is 448 g/mol. The Morgan fingerprint density at radius 3 is 2.58 bits per heavy atom. The first-order chi connectivity index (χ1) is 14.8. The molecule has 1 aliphatic heterocycles. The average Bonchev–Trinajstić information content (AvgIpc) is 3.04. The van der Waals surface area contributed by atoms with E-state index in [1.165, 1.54) is 4.31 Å². The zero-order chi connectivity index (χ0) is 22.0. The molecule has 0 saturated carbocycles. The minimum Gasteiger partial charge on any atom is -0.288 e. The van der Waals surface area contributed by atoms with Crippen molar-refractivity contribution < 1.29 is 17.2 Å². The van der Waals surface area contributed by atoms with Gasteiger partial charge in [-0.3, -0.25) is 10.00 Å². The van der Waals surface area contributed by atoms with Crippen molar-refractivity contribution in [2.75, 3.05) is 19.6 Å². The van der Waals surface area contributed by atoms with Gasteiger partial charge < -0.3 is 0 Å². The summed E-state index contributed by atoms with van der Waals surface area (Å²) < 4.78 is 55.3. The van der Waals surface area contributed by atoms with Crippen molar-refractivity contribution in [1.82, 2.24) is 24.4 Å². The lowest BCUT2D eigenvalue weighted by atomic mass is 10.1. The number of halogens is 2. The second kappa shape index (κ2) is 8.81. The van der Waals surface area contributed by atoms with Crippen molar-refractivity contribution in [2.24, 2.45) is 0 Å². The third-order valence-corrected chi connectivity index (χ3v) is 7.22. The third-order valence-electron chi connectivity index (χ3n) is 5.32. The summed E-state index contributed by atoms with van der Waals surface area (Å²) >= 11 is 0. The number of aromatic nitrogens is 3. The van der Waals surface area contributed by atoms with Gasteiger partial charge in [0.25, 0.3) is 0 Å². The second-order valence-electron chi connectivity index (χ2n) is 7.54. The highest BCUT2D eigenvalue weighted by atomic mass is 32.2. The van der Waals surface area contributed by atoms with Crippen LogP contribution in [0.3, 0.4) is 0 Å². The normalized spacial score (nSPS) is 18.7. The molecule has 10 heteroatoms. The van der Waals surface area contributed by atoms with Crippen LogP contribution in [0.5, 0.6) is 0 Å². The van der Waals surface area contributed by atoms with Gasteiger partial charge in [-0.25, -0.2) is 22.2 Å². The molecule has 1 unspecified atom stereocenters. The molecule has 0 bridgehead atoms. The van der Waals surface area contributed by atoms with Gasteiger partial charge in [0, 0.05) is 32.2 Å². The van der Waals surface area contributed by atoms with Crippen LogP contribution in [-0.4, -0.2) is 52.4 Å². The zero-order valence-electron chi connectivity index (χ0n) is 17.0. The monoisotopic (exact) mass is 447 g/mol. The lowest BCUT2D eigenvalue weighted by Gasteiger charge is -2.29. The number of rotatable bonds is 5. The van der Waals surface area contributed by atoms with Crippen LogP contribution >= 0.6 is 0 Å². The van der Waals surface area contributed by atoms with Crippen LogP contribution in [-0.2, 0) is 16.6 Å². The Morgan fingerprint density at radius 2 is 1.90 bits per heavy atom. The Labute approximate surface area is 179 Å². The molecule has 0 amide bonds. The molecule has 31 heavy (non-hydrogen) atoms. The lowest BCUT2D eigenvalue weighted by Crippen LogP contribution is -2.38. The van der Waals surface area contributed by atoms with E-state index in [0.29, 0.717) is 37.2 Å². The van der Waals surface area contributed by atoms with E-state index < -0.39 is 32.6 Å². The lowest BCUT2D eigenvalue weighted by molar-refractivity contribution is 0.184. The third kappa shape index (κ3) is 4.65. The zero-order valence-corrected chi connectivity index (χ0v) is 17.8. The quantitative estimate of drug-likeness (QED) is 0.650. The van der Waals surface area contributed by atoms with E-state index in [4.69, 9.17) is 0 Å². The van der Waals surface area contributed by atoms with Crippen molar-refractivity contribution >= 4 is 10.0 Å². The molecule has 0 spiro atoms. The van der Waals surface area contributed by atoms with Crippen LogP contribution in [0, 0.1) is 18.6 Å². The number of aromatic amines is 1. The van der Waals surface area contributed by atoms with Crippen LogP contribution in [0.4, 0.5) is 8.78 Å². The molecule has 2 aromatic carbocycles. The maximum Gasteiger partial charge on any atom is 0.246 e. The first-order valence-electron chi connectivity index (χ1n) is 9.96. The number of hydrogen-bond donors (Lipinski definition) is 1. The molecular formula is C21H23F2N5O2S. The summed E-state index contributed by atoms with van der Waals surface area (Å²) in [6.45, 7) is 3.26. The molecule has 0 radical (unpaired) electrons. The molecule has 1 aliphatic rings. The number of sulfonamides is 1. The maximum atomic E-state index is 14.3. The van der Waals surface area contributed by atoms with Gasteiger partial charge in [0.2, 0.25) is 10.0 Å². The van der Waals surface area contributed by atoms with E-state index in [9.17, 15) is 17.2 Å². The number of aryl methyl sites for hydroxylation is 1. The number of nitrogens with one attached hydrogen (secondary N) is 1. The Morgan fingerprint density at radius 1 is 1.13 bits per heavy atom. The molecular weight excluding hydrogens is 424 g/mol. The summed E-state index contributed by atoms with van der Waals surface area (Å²) in [6.07, 6.45) is 0.550. The van der Waals surface area contributed by atoms with Crippen molar-refractivity contribution in [2.45, 2.75) is 30.8 Å². The summed E-state index contributed by atoms with van der Waals surface area (Å²) in [6, 6.07) is 11.9. The predicted octanol–water partition coefficient (Wildman–Crippen LogP) is 3.03. The first kappa shape index (κ1) is 21.5. The van der Waals surface area contributed by atoms with Gasteiger partial charge in [-0.2, -0.15) is 9.40 Å². The summed E-state index contributed by atoms with van der Waals surface area (Å²) in [5, 5.41) is 7.08. The second-order valence-corrected chi connectivity index (χ2v) is 9.45. The predicted molar refractivity (Wildman–Crippen MR) is 110 cm³/mol. The Hall–Kier alpha value is -2.69. The van der Waals surface area contributed by atoms with E-state index in [1.54, 1.807) is 6.92 Å². The Kier molecular flexibility index (Phi) is 6.12. The van der Waals surface area contributed by atoms with Crippen LogP contribution in [0.1, 0.15) is 29.7 Å². The van der Waals surface area contributed by atoms with Gasteiger partial charge in [0.1, 0.15) is 22.4 Å². The molecule has 0 aliphatic carbocycles. The Balaban J connectivity index is 1.67. The van der Waals surface area contributed by atoms with E-state index >= 15 is 0 Å². The molecule has 1 N–H and O–H groups in total. The minimum absolute atomic E-state index is 0.0588. The van der Waals surface area contributed by atoms with Gasteiger partial charge in [-0.05, 0) is 31.0 Å². The highest BCUT2D eigenvalue weighted by Crippen LogP contribution is 2.29. The highest BCUT2D eigenvalue weighted by molar-refractivity contribution is 7.89. The smallest absolute Gasteiger partial charge is 0.246 e. The summed E-state index contributed by atoms with van der Waals surface area (Å²) in [4.78, 5) is 6.03. The van der Waals surface area contributed by atoms with E-state index in [2.05, 4.69) is 20.1 Å². The molecule has 2 heterocycles. The van der Waals surface area contributed by atoms with Gasteiger partial charge in [0.05, 0.1) is 6.04 Å². The fourth-order valence-corrected chi connectivity index (χ4v) is 5.34. The van der Waals surface area contributed by atoms with Crippen LogP contribution in [0.25, 0.3) is 0 Å². The number of hydrogen-bond acceptors (Lipinski definition) is 5. The number of benzene rings is 2.